The van der Waals surface area contributed by atoms with E-state index in [1.165, 1.54) is 0 Å². The fourth-order valence-electron chi connectivity index (χ4n) is 1.35. The zero-order valence-electron chi connectivity index (χ0n) is 10.6. The molecule has 4 heteroatoms. The van der Waals surface area contributed by atoms with Crippen LogP contribution in [0.15, 0.2) is 6.07 Å². The molecule has 0 atom stereocenters. The van der Waals surface area contributed by atoms with Crippen molar-refractivity contribution in [2.24, 2.45) is 0 Å². The Morgan fingerprint density at radius 1 is 1.38 bits per heavy atom. The number of hydrogen-bond donors (Lipinski definition) is 1. The lowest BCUT2D eigenvalue weighted by molar-refractivity contribution is 0.798. The summed E-state index contributed by atoms with van der Waals surface area (Å²) in [6, 6.07) is 2.06. The maximum absolute atomic E-state index is 4.56. The molecule has 0 fully saturated rings. The van der Waals surface area contributed by atoms with Crippen LogP contribution in [-0.2, 0) is 5.75 Å². The van der Waals surface area contributed by atoms with Crippen LogP contribution in [0.4, 0.5) is 5.82 Å². The molecule has 0 aromatic carbocycles. The second-order valence-corrected chi connectivity index (χ2v) is 4.97. The van der Waals surface area contributed by atoms with E-state index in [9.17, 15) is 0 Å². The van der Waals surface area contributed by atoms with E-state index in [1.54, 1.807) is 11.8 Å². The smallest absolute Gasteiger partial charge is 0.140 e. The number of thioether (sulfide) groups is 1. The molecule has 0 saturated carbocycles. The first-order valence-corrected chi connectivity index (χ1v) is 7.17. The molecule has 1 aromatic heterocycles. The fraction of sp³-hybridized carbons (Fsp3) is 0.667. The van der Waals surface area contributed by atoms with Crippen molar-refractivity contribution in [3.63, 3.8) is 0 Å². The highest BCUT2D eigenvalue weighted by Gasteiger charge is 2.07. The van der Waals surface area contributed by atoms with Crippen LogP contribution in [-0.4, -0.2) is 22.8 Å². The third kappa shape index (κ3) is 4.00. The number of rotatable bonds is 6. The summed E-state index contributed by atoms with van der Waals surface area (Å²) in [6.45, 7) is 7.44. The van der Waals surface area contributed by atoms with Crippen LogP contribution in [0.3, 0.4) is 0 Å². The van der Waals surface area contributed by atoms with Gasteiger partial charge in [0.2, 0.25) is 0 Å². The number of anilines is 1. The second kappa shape index (κ2) is 6.74. The predicted octanol–water partition coefficient (Wildman–Crippen LogP) is 3.28. The van der Waals surface area contributed by atoms with Crippen LogP contribution < -0.4 is 5.32 Å². The van der Waals surface area contributed by atoms with Gasteiger partial charge in [0, 0.05) is 18.3 Å². The Morgan fingerprint density at radius 2 is 2.12 bits per heavy atom. The van der Waals surface area contributed by atoms with Gasteiger partial charge in [-0.1, -0.05) is 20.8 Å². The molecule has 0 aliphatic carbocycles. The largest absolute Gasteiger partial charge is 0.370 e. The lowest BCUT2D eigenvalue weighted by Crippen LogP contribution is -2.07. The molecule has 0 amide bonds. The monoisotopic (exact) mass is 239 g/mol. The molecule has 0 aliphatic heterocycles. The molecule has 0 unspecified atom stereocenters. The van der Waals surface area contributed by atoms with Crippen molar-refractivity contribution >= 4 is 17.6 Å². The van der Waals surface area contributed by atoms with Gasteiger partial charge in [-0.3, -0.25) is 0 Å². The average molecular weight is 239 g/mol. The summed E-state index contributed by atoms with van der Waals surface area (Å²) >= 11 is 1.75. The first-order chi connectivity index (χ1) is 7.67. The van der Waals surface area contributed by atoms with Crippen LogP contribution >= 0.6 is 11.8 Å². The third-order valence-electron chi connectivity index (χ3n) is 2.21. The Morgan fingerprint density at radius 3 is 2.69 bits per heavy atom. The topological polar surface area (TPSA) is 37.8 Å². The first kappa shape index (κ1) is 13.3. The summed E-state index contributed by atoms with van der Waals surface area (Å²) in [5, 5.41) is 3.33. The van der Waals surface area contributed by atoms with E-state index in [4.69, 9.17) is 0 Å². The lowest BCUT2D eigenvalue weighted by Gasteiger charge is -2.10. The highest BCUT2D eigenvalue weighted by molar-refractivity contribution is 7.97. The van der Waals surface area contributed by atoms with Crippen molar-refractivity contribution < 1.29 is 0 Å². The molecule has 1 N–H and O–H groups in total. The number of hydrogen-bond acceptors (Lipinski definition) is 4. The van der Waals surface area contributed by atoms with Crippen molar-refractivity contribution in [3.8, 4) is 0 Å². The SMILES string of the molecule is CCCNc1cc(C(C)C)nc(CSC)n1. The molecule has 0 bridgehead atoms. The predicted molar refractivity (Wildman–Crippen MR) is 72.1 cm³/mol. The van der Waals surface area contributed by atoms with E-state index < -0.39 is 0 Å². The summed E-state index contributed by atoms with van der Waals surface area (Å²) < 4.78 is 0. The maximum atomic E-state index is 4.56. The van der Waals surface area contributed by atoms with Crippen molar-refractivity contribution in [1.82, 2.24) is 9.97 Å². The molecule has 0 saturated heterocycles. The molecular formula is C12H21N3S. The lowest BCUT2D eigenvalue weighted by atomic mass is 10.1. The molecule has 90 valence electrons. The van der Waals surface area contributed by atoms with Gasteiger partial charge in [0.15, 0.2) is 0 Å². The van der Waals surface area contributed by atoms with Crippen molar-refractivity contribution in [3.05, 3.63) is 17.6 Å². The molecule has 0 radical (unpaired) electrons. The molecule has 0 spiro atoms. The minimum Gasteiger partial charge on any atom is -0.370 e. The Bertz CT molecular complexity index is 326. The van der Waals surface area contributed by atoms with Gasteiger partial charge < -0.3 is 5.32 Å². The zero-order chi connectivity index (χ0) is 12.0. The van der Waals surface area contributed by atoms with Gasteiger partial charge in [-0.05, 0) is 18.6 Å². The number of nitrogens with one attached hydrogen (secondary N) is 1. The Kier molecular flexibility index (Phi) is 5.60. The Hall–Kier alpha value is -0.770. The molecule has 0 aliphatic rings. The molecular weight excluding hydrogens is 218 g/mol. The van der Waals surface area contributed by atoms with Gasteiger partial charge in [0.1, 0.15) is 11.6 Å². The summed E-state index contributed by atoms with van der Waals surface area (Å²) in [4.78, 5) is 9.06. The van der Waals surface area contributed by atoms with E-state index in [0.29, 0.717) is 5.92 Å². The van der Waals surface area contributed by atoms with Crippen molar-refractivity contribution in [1.29, 1.82) is 0 Å². The van der Waals surface area contributed by atoms with E-state index in [0.717, 1.165) is 36.1 Å². The quantitative estimate of drug-likeness (QED) is 0.826. The highest BCUT2D eigenvalue weighted by Crippen LogP contribution is 2.17. The summed E-state index contributed by atoms with van der Waals surface area (Å²) in [5.41, 5.74) is 1.12. The minimum absolute atomic E-state index is 0.450. The van der Waals surface area contributed by atoms with Crippen molar-refractivity contribution in [2.75, 3.05) is 18.1 Å². The standard InChI is InChI=1S/C12H21N3S/c1-5-6-13-11-7-10(9(2)3)14-12(15-11)8-16-4/h7,9H,5-6,8H2,1-4H3,(H,13,14,15). The van der Waals surface area contributed by atoms with Crippen LogP contribution in [0.25, 0.3) is 0 Å². The molecule has 16 heavy (non-hydrogen) atoms. The minimum atomic E-state index is 0.450. The van der Waals surface area contributed by atoms with Crippen LogP contribution in [0, 0.1) is 0 Å². The van der Waals surface area contributed by atoms with Crippen LogP contribution in [0.1, 0.15) is 44.6 Å². The van der Waals surface area contributed by atoms with Crippen LogP contribution in [0.5, 0.6) is 0 Å². The van der Waals surface area contributed by atoms with E-state index >= 15 is 0 Å². The number of nitrogens with zero attached hydrogens (tertiary/aromatic N) is 2. The normalized spacial score (nSPS) is 10.8. The van der Waals surface area contributed by atoms with Gasteiger partial charge in [0.05, 0.1) is 5.75 Å². The second-order valence-electron chi connectivity index (χ2n) is 4.11. The maximum Gasteiger partial charge on any atom is 0.140 e. The van der Waals surface area contributed by atoms with Gasteiger partial charge >= 0.3 is 0 Å². The van der Waals surface area contributed by atoms with E-state index in [1.807, 2.05) is 0 Å². The van der Waals surface area contributed by atoms with Gasteiger partial charge in [-0.15, -0.1) is 0 Å². The van der Waals surface area contributed by atoms with Gasteiger partial charge in [-0.2, -0.15) is 11.8 Å². The third-order valence-corrected chi connectivity index (χ3v) is 2.76. The first-order valence-electron chi connectivity index (χ1n) is 5.78. The van der Waals surface area contributed by atoms with E-state index in [2.05, 4.69) is 48.4 Å². The fourth-order valence-corrected chi connectivity index (χ4v) is 1.74. The summed E-state index contributed by atoms with van der Waals surface area (Å²) in [7, 11) is 0. The van der Waals surface area contributed by atoms with Gasteiger partial charge in [-0.25, -0.2) is 9.97 Å². The Labute approximate surface area is 102 Å². The molecule has 1 rings (SSSR count). The van der Waals surface area contributed by atoms with Crippen LogP contribution in [0.2, 0.25) is 0 Å². The van der Waals surface area contributed by atoms with Gasteiger partial charge in [0.25, 0.3) is 0 Å². The highest BCUT2D eigenvalue weighted by atomic mass is 32.2. The van der Waals surface area contributed by atoms with E-state index in [-0.39, 0.29) is 0 Å². The molecule has 1 heterocycles. The summed E-state index contributed by atoms with van der Waals surface area (Å²) in [6.07, 6.45) is 3.18. The average Bonchev–Trinajstić information content (AvgIpc) is 2.26. The Balaban J connectivity index is 2.89. The number of aromatic nitrogens is 2. The molecule has 1 aromatic rings. The van der Waals surface area contributed by atoms with Crippen molar-refractivity contribution in [2.45, 2.75) is 38.9 Å². The summed E-state index contributed by atoms with van der Waals surface area (Å²) in [5.74, 6) is 3.22. The zero-order valence-corrected chi connectivity index (χ0v) is 11.4. The molecule has 3 nitrogen and oxygen atoms in total.